The maximum atomic E-state index is 12.3. The topological polar surface area (TPSA) is 142 Å². The van der Waals surface area contributed by atoms with Crippen molar-refractivity contribution in [2.75, 3.05) is 6.61 Å². The van der Waals surface area contributed by atoms with Crippen molar-refractivity contribution in [1.82, 2.24) is 4.98 Å². The van der Waals surface area contributed by atoms with Crippen LogP contribution in [0.3, 0.4) is 0 Å². The summed E-state index contributed by atoms with van der Waals surface area (Å²) in [5, 5.41) is 41.1. The van der Waals surface area contributed by atoms with E-state index < -0.39 is 37.3 Å². The molecule has 3 heterocycles. The summed E-state index contributed by atoms with van der Waals surface area (Å²) in [4.78, 5) is 16.5. The maximum Gasteiger partial charge on any atom is 0.229 e. The van der Waals surface area contributed by atoms with E-state index in [1.54, 1.807) is 10.9 Å². The highest BCUT2D eigenvalue weighted by Crippen LogP contribution is 2.28. The molecule has 0 radical (unpaired) electrons. The minimum Gasteiger partial charge on any atom is -0.462 e. The summed E-state index contributed by atoms with van der Waals surface area (Å²) < 4.78 is 16.6. The number of hydrogen-bond donors (Lipinski definition) is 4. The molecule has 1 saturated heterocycles. The summed E-state index contributed by atoms with van der Waals surface area (Å²) in [6, 6.07) is 5.80. The monoisotopic (exact) mass is 407 g/mol. The molecule has 4 N–H and O–H groups in total. The number of nitrogens with zero attached hydrogens (tertiary/aromatic N) is 1. The van der Waals surface area contributed by atoms with Crippen molar-refractivity contribution in [2.24, 2.45) is 0 Å². The van der Waals surface area contributed by atoms with Crippen LogP contribution in [0.25, 0.3) is 22.4 Å². The Labute approximate surface area is 162 Å². The molecule has 0 saturated carbocycles. The van der Waals surface area contributed by atoms with Crippen LogP contribution in [0, 0.1) is 0 Å². The molecule has 4 rings (SSSR count). The minimum atomic E-state index is -1.55. The average molecular weight is 407 g/mol. The molecule has 0 unspecified atom stereocenters. The molecule has 0 spiro atoms. The van der Waals surface area contributed by atoms with Gasteiger partial charge >= 0.3 is 0 Å². The molecule has 5 atom stereocenters. The second-order valence-corrected chi connectivity index (χ2v) is 7.04. The van der Waals surface area contributed by atoms with E-state index in [4.69, 9.17) is 13.9 Å². The first-order valence-corrected chi connectivity index (χ1v) is 9.36. The van der Waals surface area contributed by atoms with Gasteiger partial charge in [-0.3, -0.25) is 4.79 Å². The van der Waals surface area contributed by atoms with Crippen molar-refractivity contribution in [3.8, 4) is 17.2 Å². The van der Waals surface area contributed by atoms with Crippen LogP contribution in [-0.4, -0.2) is 62.7 Å². The van der Waals surface area contributed by atoms with Gasteiger partial charge in [0.15, 0.2) is 11.2 Å². The maximum absolute atomic E-state index is 12.3. The third-order valence-electron chi connectivity index (χ3n) is 4.49. The van der Waals surface area contributed by atoms with Crippen molar-refractivity contribution in [3.05, 3.63) is 45.4 Å². The second kappa shape index (κ2) is 7.59. The normalized spacial score (nSPS) is 27.8. The van der Waals surface area contributed by atoms with Crippen molar-refractivity contribution in [3.63, 3.8) is 0 Å². The first-order chi connectivity index (χ1) is 13.5. The Balaban J connectivity index is 1.65. The average Bonchev–Trinajstić information content (AvgIpc) is 3.23. The number of aliphatic hydroxyl groups excluding tert-OH is 4. The minimum absolute atomic E-state index is 0.204. The molecule has 1 aliphatic heterocycles. The molecule has 0 aliphatic carbocycles. The fourth-order valence-corrected chi connectivity index (χ4v) is 3.51. The lowest BCUT2D eigenvalue weighted by atomic mass is 9.99. The molecular weight excluding hydrogens is 390 g/mol. The van der Waals surface area contributed by atoms with Crippen LogP contribution < -0.4 is 10.2 Å². The molecule has 0 bridgehead atoms. The van der Waals surface area contributed by atoms with Crippen LogP contribution in [0.2, 0.25) is 0 Å². The number of fused-ring (bicyclic) bond motifs is 1. The quantitative estimate of drug-likeness (QED) is 0.473. The van der Waals surface area contributed by atoms with Crippen molar-refractivity contribution in [2.45, 2.75) is 30.7 Å². The van der Waals surface area contributed by atoms with E-state index in [1.807, 2.05) is 0 Å². The van der Waals surface area contributed by atoms with E-state index in [-0.39, 0.29) is 16.8 Å². The summed E-state index contributed by atoms with van der Waals surface area (Å²) in [5.74, 6) is 0.513. The van der Waals surface area contributed by atoms with Gasteiger partial charge in [-0.2, -0.15) is 0 Å². The van der Waals surface area contributed by atoms with E-state index in [1.165, 1.54) is 35.6 Å². The number of aromatic nitrogens is 1. The zero-order valence-corrected chi connectivity index (χ0v) is 15.2. The van der Waals surface area contributed by atoms with E-state index in [0.717, 1.165) is 0 Å². The van der Waals surface area contributed by atoms with Gasteiger partial charge in [0.05, 0.1) is 17.5 Å². The van der Waals surface area contributed by atoms with Crippen LogP contribution in [0.15, 0.2) is 44.4 Å². The second-order valence-electron chi connectivity index (χ2n) is 6.32. The van der Waals surface area contributed by atoms with E-state index in [2.05, 4.69) is 4.98 Å². The van der Waals surface area contributed by atoms with Gasteiger partial charge in [-0.05, 0) is 12.1 Å². The van der Waals surface area contributed by atoms with E-state index in [0.29, 0.717) is 16.8 Å². The fourth-order valence-electron chi connectivity index (χ4n) is 2.97. The molecule has 1 aliphatic rings. The zero-order chi connectivity index (χ0) is 19.8. The summed E-state index contributed by atoms with van der Waals surface area (Å²) in [7, 11) is 0. The van der Waals surface area contributed by atoms with Crippen molar-refractivity contribution >= 4 is 22.3 Å². The molecule has 148 valence electrons. The Morgan fingerprint density at radius 2 is 1.96 bits per heavy atom. The van der Waals surface area contributed by atoms with Crippen LogP contribution in [0.4, 0.5) is 0 Å². The Bertz CT molecular complexity index is 1020. The fraction of sp³-hybridized carbons (Fsp3) is 0.333. The van der Waals surface area contributed by atoms with Crippen LogP contribution >= 0.6 is 11.3 Å². The Hall–Kier alpha value is -2.34. The molecule has 10 heteroatoms. The smallest absolute Gasteiger partial charge is 0.229 e. The van der Waals surface area contributed by atoms with Crippen LogP contribution in [0.5, 0.6) is 5.75 Å². The lowest BCUT2D eigenvalue weighted by Gasteiger charge is -2.39. The highest BCUT2D eigenvalue weighted by molar-refractivity contribution is 7.07. The predicted octanol–water partition coefficient (Wildman–Crippen LogP) is 0.0952. The van der Waals surface area contributed by atoms with Gasteiger partial charge in [0.1, 0.15) is 41.4 Å². The lowest BCUT2D eigenvalue weighted by molar-refractivity contribution is -0.277. The van der Waals surface area contributed by atoms with E-state index in [9.17, 15) is 25.2 Å². The van der Waals surface area contributed by atoms with Crippen molar-refractivity contribution in [1.29, 1.82) is 0 Å². The van der Waals surface area contributed by atoms with Gasteiger partial charge in [-0.1, -0.05) is 0 Å². The van der Waals surface area contributed by atoms with Gasteiger partial charge in [0, 0.05) is 17.5 Å². The van der Waals surface area contributed by atoms with Gasteiger partial charge in [-0.15, -0.1) is 11.3 Å². The number of thiazole rings is 1. The highest BCUT2D eigenvalue weighted by atomic mass is 32.1. The SMILES string of the molecule is O=c1cc(-c2cscn2)oc2cc(O[C@H]3O[C@@H](CO)[C@H](O)[C@@H](O)[C@@H]3O)ccc12. The highest BCUT2D eigenvalue weighted by Gasteiger charge is 2.44. The number of rotatable bonds is 4. The zero-order valence-electron chi connectivity index (χ0n) is 14.3. The molecule has 28 heavy (non-hydrogen) atoms. The number of aliphatic hydroxyl groups is 4. The van der Waals surface area contributed by atoms with E-state index >= 15 is 0 Å². The van der Waals surface area contributed by atoms with Crippen LogP contribution in [0.1, 0.15) is 0 Å². The van der Waals surface area contributed by atoms with Gasteiger partial charge in [0.2, 0.25) is 6.29 Å². The summed E-state index contributed by atoms with van der Waals surface area (Å²) in [5.41, 5.74) is 2.16. The van der Waals surface area contributed by atoms with Gasteiger partial charge in [-0.25, -0.2) is 4.98 Å². The standard InChI is InChI=1S/C18H17NO8S/c20-5-14-15(22)16(23)17(24)18(27-14)25-8-1-2-9-11(21)4-13(26-12(9)3-8)10-6-28-7-19-10/h1-4,6-7,14-18,20,22-24H,5H2/t14-,15-,16+,17-,18-/m0/s1. The Kier molecular flexibility index (Phi) is 5.15. The predicted molar refractivity (Wildman–Crippen MR) is 98.0 cm³/mol. The van der Waals surface area contributed by atoms with Crippen molar-refractivity contribution < 1.29 is 34.3 Å². The Morgan fingerprint density at radius 1 is 1.14 bits per heavy atom. The summed E-state index contributed by atoms with van der Waals surface area (Å²) in [6.45, 7) is -0.561. The third kappa shape index (κ3) is 3.41. The van der Waals surface area contributed by atoms with Gasteiger partial charge < -0.3 is 34.3 Å². The molecule has 0 amide bonds. The molecule has 1 aromatic carbocycles. The third-order valence-corrected chi connectivity index (χ3v) is 5.07. The molecule has 9 nitrogen and oxygen atoms in total. The molecular formula is C18H17NO8S. The number of hydrogen-bond acceptors (Lipinski definition) is 10. The number of benzene rings is 1. The largest absolute Gasteiger partial charge is 0.462 e. The molecule has 3 aromatic rings. The summed E-state index contributed by atoms with van der Waals surface area (Å²) in [6.07, 6.45) is -6.98. The first kappa shape index (κ1) is 19.0. The lowest BCUT2D eigenvalue weighted by Crippen LogP contribution is -2.60. The summed E-state index contributed by atoms with van der Waals surface area (Å²) >= 11 is 1.37. The Morgan fingerprint density at radius 3 is 2.68 bits per heavy atom. The molecule has 2 aromatic heterocycles. The van der Waals surface area contributed by atoms with Crippen LogP contribution in [-0.2, 0) is 4.74 Å². The molecule has 1 fully saturated rings. The first-order valence-electron chi connectivity index (χ1n) is 8.41. The van der Waals surface area contributed by atoms with Gasteiger partial charge in [0.25, 0.3) is 0 Å². The number of ether oxygens (including phenoxy) is 2.